The Labute approximate surface area is 120 Å². The lowest BCUT2D eigenvalue weighted by Crippen LogP contribution is -2.60. The molecule has 2 rings (SSSR count). The molecule has 6 nitrogen and oxygen atoms in total. The molecule has 0 unspecified atom stereocenters. The molecule has 1 saturated carbocycles. The van der Waals surface area contributed by atoms with Gasteiger partial charge in [0, 0.05) is 32.2 Å². The van der Waals surface area contributed by atoms with E-state index in [0.29, 0.717) is 25.9 Å². The highest BCUT2D eigenvalue weighted by Gasteiger charge is 2.38. The van der Waals surface area contributed by atoms with Crippen LogP contribution >= 0.6 is 0 Å². The zero-order chi connectivity index (χ0) is 14.8. The number of carbonyl (C=O) groups excluding carboxylic acids is 1. The second-order valence-electron chi connectivity index (χ2n) is 5.78. The predicted molar refractivity (Wildman–Crippen MR) is 75.6 cm³/mol. The molecule has 2 N–H and O–H groups in total. The number of hydrogen-bond donors (Lipinski definition) is 2. The van der Waals surface area contributed by atoms with E-state index in [0.717, 1.165) is 19.1 Å². The summed E-state index contributed by atoms with van der Waals surface area (Å²) >= 11 is 0. The molecule has 2 amide bonds. The molecular formula is C14H25N3O3. The lowest BCUT2D eigenvalue weighted by Gasteiger charge is -2.37. The largest absolute Gasteiger partial charge is 0.480 e. The van der Waals surface area contributed by atoms with Crippen molar-refractivity contribution in [2.24, 2.45) is 0 Å². The fraction of sp³-hybridized carbons (Fsp3) is 0.857. The van der Waals surface area contributed by atoms with Crippen LogP contribution in [0.15, 0.2) is 0 Å². The molecule has 1 aliphatic carbocycles. The van der Waals surface area contributed by atoms with E-state index in [9.17, 15) is 14.7 Å². The van der Waals surface area contributed by atoms with Gasteiger partial charge in [-0.3, -0.25) is 4.90 Å². The van der Waals surface area contributed by atoms with Gasteiger partial charge in [0.15, 0.2) is 0 Å². The van der Waals surface area contributed by atoms with Crippen molar-refractivity contribution < 1.29 is 14.7 Å². The zero-order valence-electron chi connectivity index (χ0n) is 12.4. The first-order valence-corrected chi connectivity index (χ1v) is 7.57. The monoisotopic (exact) mass is 283 g/mol. The summed E-state index contributed by atoms with van der Waals surface area (Å²) in [6, 6.07) is 0.483. The Hall–Kier alpha value is -1.30. The molecule has 0 aromatic rings. The van der Waals surface area contributed by atoms with Crippen LogP contribution in [0.2, 0.25) is 0 Å². The number of hydrogen-bond acceptors (Lipinski definition) is 3. The Bertz CT molecular complexity index is 370. The summed E-state index contributed by atoms with van der Waals surface area (Å²) in [6.45, 7) is 6.76. The van der Waals surface area contributed by atoms with Crippen LogP contribution in [0.3, 0.4) is 0 Å². The normalized spacial score (nSPS) is 20.8. The van der Waals surface area contributed by atoms with E-state index in [-0.39, 0.29) is 6.03 Å². The molecule has 2 aliphatic rings. The Balaban J connectivity index is 1.89. The van der Waals surface area contributed by atoms with Crippen LogP contribution in [-0.4, -0.2) is 64.7 Å². The number of carbonyl (C=O) groups is 2. The van der Waals surface area contributed by atoms with Crippen LogP contribution < -0.4 is 5.32 Å². The summed E-state index contributed by atoms with van der Waals surface area (Å²) in [5.41, 5.74) is -1.13. The van der Waals surface area contributed by atoms with E-state index < -0.39 is 11.5 Å². The van der Waals surface area contributed by atoms with Gasteiger partial charge in [0.25, 0.3) is 0 Å². The van der Waals surface area contributed by atoms with Gasteiger partial charge in [-0.25, -0.2) is 9.59 Å². The minimum absolute atomic E-state index is 0.244. The summed E-state index contributed by atoms with van der Waals surface area (Å²) in [7, 11) is 0. The maximum atomic E-state index is 12.3. The Kier molecular flexibility index (Phi) is 4.52. The van der Waals surface area contributed by atoms with Gasteiger partial charge in [-0.15, -0.1) is 0 Å². The van der Waals surface area contributed by atoms with E-state index in [1.165, 1.54) is 12.8 Å². The first kappa shape index (κ1) is 15.1. The second-order valence-corrected chi connectivity index (χ2v) is 5.78. The van der Waals surface area contributed by atoms with Crippen molar-refractivity contribution in [2.75, 3.05) is 26.2 Å². The van der Waals surface area contributed by atoms with Gasteiger partial charge in [-0.1, -0.05) is 13.8 Å². The van der Waals surface area contributed by atoms with Crippen molar-refractivity contribution in [3.8, 4) is 0 Å². The molecule has 0 aromatic heterocycles. The van der Waals surface area contributed by atoms with E-state index in [1.807, 2.05) is 0 Å². The van der Waals surface area contributed by atoms with Crippen LogP contribution in [0.5, 0.6) is 0 Å². The van der Waals surface area contributed by atoms with E-state index in [4.69, 9.17) is 0 Å². The van der Waals surface area contributed by atoms with E-state index in [2.05, 4.69) is 10.2 Å². The fourth-order valence-corrected chi connectivity index (χ4v) is 2.80. The predicted octanol–water partition coefficient (Wildman–Crippen LogP) is 1.12. The number of piperazine rings is 1. The molecule has 0 atom stereocenters. The molecule has 1 saturated heterocycles. The first-order chi connectivity index (χ1) is 9.52. The van der Waals surface area contributed by atoms with Gasteiger partial charge < -0.3 is 15.3 Å². The van der Waals surface area contributed by atoms with Gasteiger partial charge in [0.2, 0.25) is 0 Å². The van der Waals surface area contributed by atoms with Crippen LogP contribution in [0.1, 0.15) is 39.5 Å². The third-order valence-corrected chi connectivity index (χ3v) is 4.63. The maximum Gasteiger partial charge on any atom is 0.329 e. The van der Waals surface area contributed by atoms with Crippen LogP contribution in [0.25, 0.3) is 0 Å². The molecular weight excluding hydrogens is 258 g/mol. The van der Waals surface area contributed by atoms with Crippen molar-refractivity contribution in [3.63, 3.8) is 0 Å². The summed E-state index contributed by atoms with van der Waals surface area (Å²) in [5, 5.41) is 12.1. The van der Waals surface area contributed by atoms with Gasteiger partial charge in [0.05, 0.1) is 0 Å². The minimum atomic E-state index is -1.13. The summed E-state index contributed by atoms with van der Waals surface area (Å²) in [4.78, 5) is 27.8. The third-order valence-electron chi connectivity index (χ3n) is 4.63. The minimum Gasteiger partial charge on any atom is -0.480 e. The van der Waals surface area contributed by atoms with Gasteiger partial charge in [-0.05, 0) is 25.7 Å². The zero-order valence-corrected chi connectivity index (χ0v) is 12.4. The quantitative estimate of drug-likeness (QED) is 0.793. The smallest absolute Gasteiger partial charge is 0.329 e. The molecule has 6 heteroatoms. The molecule has 1 aliphatic heterocycles. The van der Waals surface area contributed by atoms with Gasteiger partial charge in [-0.2, -0.15) is 0 Å². The second kappa shape index (κ2) is 5.99. The molecule has 1 heterocycles. The SMILES string of the molecule is CCC(CC)(NC(=O)N1CCN(C2CC2)CC1)C(=O)O. The van der Waals surface area contributed by atoms with Crippen LogP contribution in [0, 0.1) is 0 Å². The van der Waals surface area contributed by atoms with Crippen molar-refractivity contribution in [1.29, 1.82) is 0 Å². The Morgan fingerprint density at radius 2 is 1.70 bits per heavy atom. The highest BCUT2D eigenvalue weighted by Crippen LogP contribution is 2.27. The average molecular weight is 283 g/mol. The fourth-order valence-electron chi connectivity index (χ4n) is 2.80. The highest BCUT2D eigenvalue weighted by molar-refractivity contribution is 5.86. The Morgan fingerprint density at radius 3 is 2.10 bits per heavy atom. The number of rotatable bonds is 5. The average Bonchev–Trinajstić information content (AvgIpc) is 3.29. The standard InChI is InChI=1S/C14H25N3O3/c1-3-14(4-2,12(18)19)15-13(20)17-9-7-16(8-10-17)11-5-6-11/h11H,3-10H2,1-2H3,(H,15,20)(H,18,19). The summed E-state index contributed by atoms with van der Waals surface area (Å²) in [5.74, 6) is -0.951. The molecule has 0 radical (unpaired) electrons. The first-order valence-electron chi connectivity index (χ1n) is 7.57. The van der Waals surface area contributed by atoms with Crippen molar-refractivity contribution in [2.45, 2.75) is 51.1 Å². The number of carboxylic acids is 1. The molecule has 2 fully saturated rings. The third kappa shape index (κ3) is 3.06. The maximum absolute atomic E-state index is 12.3. The lowest BCUT2D eigenvalue weighted by molar-refractivity contribution is -0.144. The van der Waals surface area contributed by atoms with Crippen LogP contribution in [0.4, 0.5) is 4.79 Å². The molecule has 20 heavy (non-hydrogen) atoms. The number of aliphatic carboxylic acids is 1. The highest BCUT2D eigenvalue weighted by atomic mass is 16.4. The van der Waals surface area contributed by atoms with Crippen molar-refractivity contribution in [3.05, 3.63) is 0 Å². The summed E-state index contributed by atoms with van der Waals surface area (Å²) < 4.78 is 0. The number of nitrogens with zero attached hydrogens (tertiary/aromatic N) is 2. The van der Waals surface area contributed by atoms with Gasteiger partial charge >= 0.3 is 12.0 Å². The number of amides is 2. The molecule has 0 spiro atoms. The topological polar surface area (TPSA) is 72.9 Å². The molecule has 114 valence electrons. The van der Waals surface area contributed by atoms with E-state index in [1.54, 1.807) is 18.7 Å². The van der Waals surface area contributed by atoms with Crippen molar-refractivity contribution in [1.82, 2.24) is 15.1 Å². The number of nitrogens with one attached hydrogen (secondary N) is 1. The van der Waals surface area contributed by atoms with Crippen molar-refractivity contribution >= 4 is 12.0 Å². The number of carboxylic acid groups (broad SMARTS) is 1. The Morgan fingerprint density at radius 1 is 1.15 bits per heavy atom. The number of urea groups is 1. The van der Waals surface area contributed by atoms with E-state index >= 15 is 0 Å². The van der Waals surface area contributed by atoms with Crippen LogP contribution in [-0.2, 0) is 4.79 Å². The molecule has 0 aromatic carbocycles. The summed E-state index contributed by atoms with van der Waals surface area (Å²) in [6.07, 6.45) is 3.35. The lowest BCUT2D eigenvalue weighted by atomic mass is 9.93. The molecule has 0 bridgehead atoms. The van der Waals surface area contributed by atoms with Gasteiger partial charge in [0.1, 0.15) is 5.54 Å².